The van der Waals surface area contributed by atoms with Crippen molar-refractivity contribution in [3.05, 3.63) is 138 Å². The van der Waals surface area contributed by atoms with Gasteiger partial charge in [0.15, 0.2) is 0 Å². The molecule has 0 saturated carbocycles. The third kappa shape index (κ3) is 6.38. The zero-order valence-corrected chi connectivity index (χ0v) is 21.8. The number of hydrogen-bond donors (Lipinski definition) is 0. The van der Waals surface area contributed by atoms with Gasteiger partial charge in [-0.2, -0.15) is 0 Å². The number of nitriles is 1. The van der Waals surface area contributed by atoms with Gasteiger partial charge in [-0.25, -0.2) is 5.26 Å². The van der Waals surface area contributed by atoms with E-state index in [2.05, 4.69) is 39.1 Å². The van der Waals surface area contributed by atoms with Crippen LogP contribution in [0.4, 0.5) is 5.69 Å². The van der Waals surface area contributed by atoms with E-state index in [1.807, 2.05) is 85.9 Å². The second kappa shape index (κ2) is 12.9. The van der Waals surface area contributed by atoms with Crippen molar-refractivity contribution in [2.24, 2.45) is 0 Å². The Morgan fingerprint density at radius 2 is 1.64 bits per heavy atom. The Hall–Kier alpha value is -4.41. The molecule has 0 aliphatic heterocycles. The van der Waals surface area contributed by atoms with Crippen LogP contribution in [0.3, 0.4) is 0 Å². The molecule has 5 aromatic rings. The first-order chi connectivity index (χ1) is 17.2. The summed E-state index contributed by atoms with van der Waals surface area (Å²) in [5.74, 6) is 0. The fraction of sp³-hybridized carbons (Fsp3) is 0.0323. The van der Waals surface area contributed by atoms with Crippen LogP contribution < -0.4 is 0 Å². The first-order valence-electron chi connectivity index (χ1n) is 10.9. The molecule has 5 heteroatoms. The molecule has 0 fully saturated rings. The number of aryl methyl sites for hydroxylation is 1. The molecule has 0 aliphatic rings. The number of hydrogen-bond acceptors (Lipinski definition) is 3. The predicted octanol–water partition coefficient (Wildman–Crippen LogP) is 7.49. The van der Waals surface area contributed by atoms with E-state index in [9.17, 15) is 0 Å². The van der Waals surface area contributed by atoms with Gasteiger partial charge < -0.3 is 9.97 Å². The Balaban J connectivity index is 0.000000234. The summed E-state index contributed by atoms with van der Waals surface area (Å²) in [5, 5.41) is 9.01. The van der Waals surface area contributed by atoms with Crippen molar-refractivity contribution in [2.45, 2.75) is 6.92 Å². The number of nitrogens with zero attached hydrogens (tertiary/aromatic N) is 4. The van der Waals surface area contributed by atoms with Gasteiger partial charge in [-0.05, 0) is 46.6 Å². The van der Waals surface area contributed by atoms with Crippen molar-refractivity contribution in [3.8, 4) is 39.7 Å². The van der Waals surface area contributed by atoms with Gasteiger partial charge >= 0.3 is 0 Å². The second-order valence-electron chi connectivity index (χ2n) is 7.61. The minimum Gasteiger partial charge on any atom is -0.305 e. The van der Waals surface area contributed by atoms with Crippen LogP contribution in [-0.4, -0.2) is 9.97 Å². The van der Waals surface area contributed by atoms with Crippen LogP contribution >= 0.6 is 0 Å². The second-order valence-corrected chi connectivity index (χ2v) is 7.61. The molecule has 0 aliphatic carbocycles. The Bertz CT molecular complexity index is 1470. The van der Waals surface area contributed by atoms with Crippen molar-refractivity contribution in [2.75, 3.05) is 0 Å². The molecule has 36 heavy (non-hydrogen) atoms. The fourth-order valence-corrected chi connectivity index (χ4v) is 3.48. The molecule has 2 heterocycles. The molecule has 0 bridgehead atoms. The molecular formula is C31H20IrN4-2. The minimum atomic E-state index is 0. The average molecular weight is 641 g/mol. The van der Waals surface area contributed by atoms with Crippen LogP contribution in [0, 0.1) is 37.0 Å². The summed E-state index contributed by atoms with van der Waals surface area (Å²) in [5.41, 5.74) is 7.42. The largest absolute Gasteiger partial charge is 0.305 e. The molecule has 0 amide bonds. The van der Waals surface area contributed by atoms with Gasteiger partial charge in [-0.1, -0.05) is 48.5 Å². The molecule has 0 atom stereocenters. The molecule has 1 radical (unpaired) electrons. The smallest absolute Gasteiger partial charge is 0.125 e. The van der Waals surface area contributed by atoms with Crippen molar-refractivity contribution in [1.82, 2.24) is 9.97 Å². The number of aromatic nitrogens is 2. The topological polar surface area (TPSA) is 53.9 Å². The van der Waals surface area contributed by atoms with Crippen LogP contribution in [0.15, 0.2) is 103 Å². The van der Waals surface area contributed by atoms with E-state index < -0.39 is 0 Å². The molecule has 175 valence electrons. The van der Waals surface area contributed by atoms with E-state index in [4.69, 9.17) is 11.8 Å². The van der Waals surface area contributed by atoms with Crippen molar-refractivity contribution < 1.29 is 20.1 Å². The van der Waals surface area contributed by atoms with Crippen LogP contribution in [0.5, 0.6) is 0 Å². The van der Waals surface area contributed by atoms with Crippen LogP contribution in [0.2, 0.25) is 0 Å². The van der Waals surface area contributed by atoms with Gasteiger partial charge in [0.25, 0.3) is 0 Å². The van der Waals surface area contributed by atoms with Gasteiger partial charge in [-0.3, -0.25) is 4.85 Å². The van der Waals surface area contributed by atoms with Crippen molar-refractivity contribution >= 4 is 5.69 Å². The van der Waals surface area contributed by atoms with E-state index in [1.165, 1.54) is 0 Å². The summed E-state index contributed by atoms with van der Waals surface area (Å²) in [6.45, 7) is 9.22. The standard InChI is InChI=1S/C20H12N3.C11H8N.Ir/c1-14-13-23-20(11-18(14)15-6-4-3-5-7-15)16-8-9-17(12-21)19(10-16)22-2;1-2-6-10(7-3-1)11-8-4-5-9-12-11;/h3-7,9-11,13H,1H3;1-6,8-9H;/q2*-1;. The molecule has 2 aromatic heterocycles. The van der Waals surface area contributed by atoms with Crippen LogP contribution in [0.25, 0.3) is 38.5 Å². The zero-order chi connectivity index (χ0) is 24.5. The summed E-state index contributed by atoms with van der Waals surface area (Å²) in [6, 6.07) is 37.2. The predicted molar refractivity (Wildman–Crippen MR) is 138 cm³/mol. The van der Waals surface area contributed by atoms with E-state index >= 15 is 0 Å². The Labute approximate surface area is 225 Å². The maximum atomic E-state index is 9.01. The summed E-state index contributed by atoms with van der Waals surface area (Å²) in [4.78, 5) is 12.1. The molecule has 0 spiro atoms. The Kier molecular flexibility index (Phi) is 9.38. The van der Waals surface area contributed by atoms with Gasteiger partial charge in [0.2, 0.25) is 0 Å². The van der Waals surface area contributed by atoms with E-state index in [0.29, 0.717) is 16.8 Å². The summed E-state index contributed by atoms with van der Waals surface area (Å²) in [6.07, 6.45) is 3.61. The molecule has 0 unspecified atom stereocenters. The Morgan fingerprint density at radius 3 is 2.31 bits per heavy atom. The molecule has 3 aromatic carbocycles. The van der Waals surface area contributed by atoms with Crippen molar-refractivity contribution in [1.29, 1.82) is 5.26 Å². The maximum Gasteiger partial charge on any atom is 0.125 e. The van der Waals surface area contributed by atoms with Crippen molar-refractivity contribution in [3.63, 3.8) is 0 Å². The van der Waals surface area contributed by atoms with Gasteiger partial charge in [0, 0.05) is 38.6 Å². The third-order valence-corrected chi connectivity index (χ3v) is 5.28. The van der Waals surface area contributed by atoms with E-state index in [1.54, 1.807) is 18.3 Å². The summed E-state index contributed by atoms with van der Waals surface area (Å²) in [7, 11) is 0. The van der Waals surface area contributed by atoms with Crippen LogP contribution in [0.1, 0.15) is 11.1 Å². The number of benzene rings is 3. The molecule has 0 N–H and O–H groups in total. The number of rotatable bonds is 3. The van der Waals surface area contributed by atoms with Crippen LogP contribution in [-0.2, 0) is 20.1 Å². The molecule has 4 nitrogen and oxygen atoms in total. The zero-order valence-electron chi connectivity index (χ0n) is 19.4. The quantitative estimate of drug-likeness (QED) is 0.192. The normalized spacial score (nSPS) is 9.53. The van der Waals surface area contributed by atoms with Gasteiger partial charge in [-0.15, -0.1) is 59.7 Å². The molecule has 5 rings (SSSR count). The van der Waals surface area contributed by atoms with E-state index in [-0.39, 0.29) is 20.1 Å². The maximum absolute atomic E-state index is 9.01. The first-order valence-corrected chi connectivity index (χ1v) is 10.9. The molecular weight excluding hydrogens is 621 g/mol. The monoisotopic (exact) mass is 641 g/mol. The minimum absolute atomic E-state index is 0. The third-order valence-electron chi connectivity index (χ3n) is 5.28. The summed E-state index contributed by atoms with van der Waals surface area (Å²) >= 11 is 0. The van der Waals surface area contributed by atoms with E-state index in [0.717, 1.165) is 33.6 Å². The number of pyridine rings is 2. The molecule has 0 saturated heterocycles. The summed E-state index contributed by atoms with van der Waals surface area (Å²) < 4.78 is 0. The van der Waals surface area contributed by atoms with Gasteiger partial charge in [0.05, 0.1) is 6.57 Å². The fourth-order valence-electron chi connectivity index (χ4n) is 3.48. The Morgan fingerprint density at radius 1 is 0.861 bits per heavy atom. The SMILES string of the molecule is [C-]#[N+]c1cc(-c2cc(-c3ccccc3)c(C)cn2)[c-]cc1C#N.[Ir].[c-]1ccccc1-c1ccccn1. The average Bonchev–Trinajstić information content (AvgIpc) is 2.94. The van der Waals surface area contributed by atoms with Gasteiger partial charge in [0.1, 0.15) is 5.69 Å². The first kappa shape index (κ1) is 26.2.